The van der Waals surface area contributed by atoms with Crippen LogP contribution >= 0.6 is 0 Å². The van der Waals surface area contributed by atoms with Crippen LogP contribution in [0, 0.1) is 17.8 Å². The number of Topliss-reactive ketones (excluding diaryl/α,β-unsaturated/α-hetero) is 2. The number of hydrogen-bond donors (Lipinski definition) is 6. The molecule has 0 radical (unpaired) electrons. The van der Waals surface area contributed by atoms with Gasteiger partial charge in [-0.1, -0.05) is 5.92 Å². The van der Waals surface area contributed by atoms with E-state index in [4.69, 9.17) is 11.5 Å². The van der Waals surface area contributed by atoms with E-state index < -0.39 is 69.0 Å². The Morgan fingerprint density at radius 2 is 1.78 bits per heavy atom. The lowest BCUT2D eigenvalue weighted by atomic mass is 9.56. The average Bonchev–Trinajstić information content (AvgIpc) is 2.77. The zero-order chi connectivity index (χ0) is 27.8. The minimum atomic E-state index is -2.77. The molecule has 0 aromatic heterocycles. The second-order valence-electron chi connectivity index (χ2n) is 10.2. The highest BCUT2D eigenvalue weighted by molar-refractivity contribution is 6.25. The predicted molar refractivity (Wildman–Crippen MR) is 134 cm³/mol. The highest BCUT2D eigenvalue weighted by Crippen LogP contribution is 2.54. The van der Waals surface area contributed by atoms with E-state index in [1.807, 2.05) is 0 Å². The molecule has 0 saturated heterocycles. The molecule has 1 aromatic rings. The molecule has 11 nitrogen and oxygen atoms in total. The van der Waals surface area contributed by atoms with E-state index in [0.29, 0.717) is 11.3 Å². The van der Waals surface area contributed by atoms with Crippen LogP contribution in [0.3, 0.4) is 0 Å². The van der Waals surface area contributed by atoms with Crippen molar-refractivity contribution in [2.75, 3.05) is 33.1 Å². The fourth-order valence-electron chi connectivity index (χ4n) is 6.03. The number of amides is 1. The fraction of sp³-hybridized carbons (Fsp3) is 0.423. The Morgan fingerprint density at radius 3 is 2.30 bits per heavy atom. The zero-order valence-electron chi connectivity index (χ0n) is 21.2. The summed E-state index contributed by atoms with van der Waals surface area (Å²) in [5.74, 6) is -1.37. The van der Waals surface area contributed by atoms with E-state index in [2.05, 4.69) is 11.8 Å². The molecule has 0 saturated carbocycles. The van der Waals surface area contributed by atoms with Gasteiger partial charge in [0.05, 0.1) is 28.3 Å². The van der Waals surface area contributed by atoms with Crippen molar-refractivity contribution in [3.63, 3.8) is 0 Å². The van der Waals surface area contributed by atoms with E-state index in [-0.39, 0.29) is 24.0 Å². The molecule has 0 bridgehead atoms. The van der Waals surface area contributed by atoms with Gasteiger partial charge in [0.1, 0.15) is 22.8 Å². The van der Waals surface area contributed by atoms with Gasteiger partial charge < -0.3 is 36.8 Å². The highest BCUT2D eigenvalue weighted by Gasteiger charge is 2.66. The van der Waals surface area contributed by atoms with E-state index in [0.717, 1.165) is 0 Å². The standard InChI is InChI=1S/C26H30N4O7/c1-6-7-11-8-14(29(2)3)12-9-25(28)10-13-18(30(4)5)21(33)16(24(27)36)22(34)26(13,37)23(35)17(25)20(32)15(12)19(11)31/h8,13,18,31,33,35,37H,9-10,28H2,1-5H3,(H2,27,36)/t13-,18+,25+,26+/m0/s1. The minimum absolute atomic E-state index is 0.0392. The first-order valence-corrected chi connectivity index (χ1v) is 11.6. The van der Waals surface area contributed by atoms with Crippen LogP contribution in [0.25, 0.3) is 0 Å². The van der Waals surface area contributed by atoms with Gasteiger partial charge in [-0.3, -0.25) is 19.3 Å². The Labute approximate surface area is 213 Å². The predicted octanol–water partition coefficient (Wildman–Crippen LogP) is -0.361. The summed E-state index contributed by atoms with van der Waals surface area (Å²) in [5, 5.41) is 45.0. The van der Waals surface area contributed by atoms with Crippen LogP contribution in [-0.2, 0) is 16.0 Å². The van der Waals surface area contributed by atoms with Crippen molar-refractivity contribution in [3.8, 4) is 17.6 Å². The number of fused-ring (bicyclic) bond motifs is 3. The highest BCUT2D eigenvalue weighted by atomic mass is 16.3. The minimum Gasteiger partial charge on any atom is -0.510 e. The van der Waals surface area contributed by atoms with Gasteiger partial charge in [-0.05, 0) is 45.5 Å². The lowest BCUT2D eigenvalue weighted by molar-refractivity contribution is -0.148. The zero-order valence-corrected chi connectivity index (χ0v) is 21.2. The van der Waals surface area contributed by atoms with Crippen LogP contribution in [0.4, 0.5) is 5.69 Å². The summed E-state index contributed by atoms with van der Waals surface area (Å²) in [6.07, 6.45) is -0.259. The summed E-state index contributed by atoms with van der Waals surface area (Å²) in [6, 6.07) is 0.505. The summed E-state index contributed by atoms with van der Waals surface area (Å²) in [4.78, 5) is 42.6. The van der Waals surface area contributed by atoms with Crippen LogP contribution in [0.1, 0.15) is 34.8 Å². The van der Waals surface area contributed by atoms with Gasteiger partial charge in [0.15, 0.2) is 11.4 Å². The molecule has 196 valence electrons. The third-order valence-electron chi connectivity index (χ3n) is 7.58. The number of ketones is 2. The summed E-state index contributed by atoms with van der Waals surface area (Å²) >= 11 is 0. The Balaban J connectivity index is 2.06. The number of phenols is 1. The van der Waals surface area contributed by atoms with Crippen LogP contribution in [-0.4, -0.2) is 88.2 Å². The Bertz CT molecular complexity index is 1400. The first-order chi connectivity index (χ1) is 17.1. The van der Waals surface area contributed by atoms with E-state index >= 15 is 0 Å². The number of likely N-dealkylation sites (N-methyl/N-ethyl adjacent to an activating group) is 1. The molecule has 0 fully saturated rings. The number of benzene rings is 1. The number of carbonyl (C=O) groups is 3. The molecular weight excluding hydrogens is 480 g/mol. The second-order valence-corrected chi connectivity index (χ2v) is 10.2. The summed E-state index contributed by atoms with van der Waals surface area (Å²) < 4.78 is 0. The number of aliphatic hydroxyl groups is 3. The monoisotopic (exact) mass is 510 g/mol. The number of phenolic OH excluding ortho intramolecular Hbond substituents is 1. The number of hydrogen-bond acceptors (Lipinski definition) is 10. The first kappa shape index (κ1) is 26.2. The van der Waals surface area contributed by atoms with Crippen LogP contribution in [0.2, 0.25) is 0 Å². The molecule has 1 amide bonds. The molecule has 0 aliphatic heterocycles. The smallest absolute Gasteiger partial charge is 0.255 e. The average molecular weight is 511 g/mol. The van der Waals surface area contributed by atoms with Crippen molar-refractivity contribution >= 4 is 23.2 Å². The van der Waals surface area contributed by atoms with Gasteiger partial charge in [-0.2, -0.15) is 0 Å². The van der Waals surface area contributed by atoms with Crippen molar-refractivity contribution in [2.24, 2.45) is 17.4 Å². The SMILES string of the molecule is CC#Cc1cc(N(C)C)c2c(c1O)C(=O)C1=C(O)[C@]3(O)C(=O)C(C(N)=O)=C(O)[C@H](N(C)C)[C@@H]3C[C@]1(N)C2. The van der Waals surface area contributed by atoms with Crippen molar-refractivity contribution in [1.29, 1.82) is 0 Å². The van der Waals surface area contributed by atoms with E-state index in [1.54, 1.807) is 46.1 Å². The largest absolute Gasteiger partial charge is 0.510 e. The van der Waals surface area contributed by atoms with Crippen molar-refractivity contribution in [2.45, 2.75) is 36.9 Å². The maximum Gasteiger partial charge on any atom is 0.255 e. The van der Waals surface area contributed by atoms with E-state index in [1.165, 1.54) is 4.90 Å². The van der Waals surface area contributed by atoms with Crippen LogP contribution in [0.15, 0.2) is 28.7 Å². The van der Waals surface area contributed by atoms with Crippen molar-refractivity contribution in [1.82, 2.24) is 4.90 Å². The quantitative estimate of drug-likeness (QED) is 0.231. The van der Waals surface area contributed by atoms with Gasteiger partial charge in [0.25, 0.3) is 5.91 Å². The maximum absolute atomic E-state index is 13.9. The number of primary amides is 1. The number of anilines is 1. The van der Waals surface area contributed by atoms with Gasteiger partial charge in [0, 0.05) is 25.7 Å². The lowest BCUT2D eigenvalue weighted by Gasteiger charge is -2.53. The molecule has 1 aromatic carbocycles. The molecule has 3 aliphatic rings. The molecule has 4 atom stereocenters. The molecule has 4 rings (SSSR count). The van der Waals surface area contributed by atoms with Gasteiger partial charge in [-0.25, -0.2) is 0 Å². The number of nitrogens with zero attached hydrogens (tertiary/aromatic N) is 2. The Kier molecular flexibility index (Phi) is 5.91. The van der Waals surface area contributed by atoms with Gasteiger partial charge in [-0.15, -0.1) is 5.92 Å². The Morgan fingerprint density at radius 1 is 1.16 bits per heavy atom. The van der Waals surface area contributed by atoms with Gasteiger partial charge in [0.2, 0.25) is 5.78 Å². The molecular formula is C26H30N4O7. The fourth-order valence-corrected chi connectivity index (χ4v) is 6.03. The molecule has 0 heterocycles. The molecule has 8 N–H and O–H groups in total. The summed E-state index contributed by atoms with van der Waals surface area (Å²) in [7, 11) is 6.61. The van der Waals surface area contributed by atoms with E-state index in [9.17, 15) is 34.8 Å². The van der Waals surface area contributed by atoms with Crippen molar-refractivity contribution in [3.05, 3.63) is 45.4 Å². The molecule has 0 unspecified atom stereocenters. The Hall–Kier alpha value is -3.85. The molecule has 0 spiro atoms. The molecule has 37 heavy (non-hydrogen) atoms. The number of nitrogens with two attached hydrogens (primary N) is 2. The van der Waals surface area contributed by atoms with Crippen LogP contribution < -0.4 is 16.4 Å². The third-order valence-corrected chi connectivity index (χ3v) is 7.58. The number of aliphatic hydroxyl groups excluding tert-OH is 2. The lowest BCUT2D eigenvalue weighted by Crippen LogP contribution is -2.68. The summed E-state index contributed by atoms with van der Waals surface area (Å²) in [5.41, 5.74) is 7.51. The summed E-state index contributed by atoms with van der Waals surface area (Å²) in [6.45, 7) is 1.57. The second kappa shape index (κ2) is 8.34. The number of rotatable bonds is 3. The van der Waals surface area contributed by atoms with Crippen molar-refractivity contribution < 1.29 is 34.8 Å². The number of carbonyl (C=O) groups excluding carboxylic acids is 3. The topological polar surface area (TPSA) is 191 Å². The normalized spacial score (nSPS) is 28.9. The molecule has 3 aliphatic carbocycles. The number of aromatic hydroxyl groups is 1. The maximum atomic E-state index is 13.9. The third kappa shape index (κ3) is 3.37. The molecule has 11 heteroatoms. The first-order valence-electron chi connectivity index (χ1n) is 11.6. The van der Waals surface area contributed by atoms with Gasteiger partial charge >= 0.3 is 0 Å². The van der Waals surface area contributed by atoms with Crippen LogP contribution in [0.5, 0.6) is 5.75 Å².